The number of halogens is 6. The number of likely N-dealkylation sites (tertiary alicyclic amines) is 2. The zero-order valence-electron chi connectivity index (χ0n) is 33.4. The average molecular weight is 807 g/mol. The summed E-state index contributed by atoms with van der Waals surface area (Å²) in [7, 11) is 4.12. The van der Waals surface area contributed by atoms with Crippen LogP contribution < -0.4 is 29.6 Å². The minimum Gasteiger partial charge on any atom is -0.474 e. The molecule has 4 rings (SSSR count). The molecule has 2 fully saturated rings. The summed E-state index contributed by atoms with van der Waals surface area (Å²) in [6, 6.07) is 5.02. The molecule has 0 aromatic carbocycles. The van der Waals surface area contributed by atoms with Crippen molar-refractivity contribution in [3.63, 3.8) is 0 Å². The molecule has 2 aliphatic rings. The fraction of sp³-hybridized carbons (Fsp3) is 0.684. The molecule has 0 radical (unpaired) electrons. The van der Waals surface area contributed by atoms with Gasteiger partial charge in [-0.1, -0.05) is 26.7 Å². The number of carbonyl (C=O) groups is 2. The smallest absolute Gasteiger partial charge is 0.474 e. The van der Waals surface area contributed by atoms with Gasteiger partial charge in [-0.25, -0.2) is 9.97 Å². The number of ether oxygens (including phenoxy) is 4. The molecular weight excluding hydrogens is 750 g/mol. The number of nitrogens with one attached hydrogen (secondary N) is 2. The maximum atomic E-state index is 12.8. The number of piperidine rings is 2. The van der Waals surface area contributed by atoms with E-state index in [2.05, 4.69) is 67.8 Å². The van der Waals surface area contributed by atoms with E-state index in [1.165, 1.54) is 24.5 Å². The van der Waals surface area contributed by atoms with Gasteiger partial charge < -0.3 is 39.4 Å². The molecule has 4 heterocycles. The summed E-state index contributed by atoms with van der Waals surface area (Å²) in [6.07, 6.45) is -3.46. The predicted molar refractivity (Wildman–Crippen MR) is 196 cm³/mol. The number of hydrogen-bond acceptors (Lipinski definition) is 10. The van der Waals surface area contributed by atoms with E-state index >= 15 is 0 Å². The molecule has 316 valence electrons. The lowest BCUT2D eigenvalue weighted by Crippen LogP contribution is -2.53. The van der Waals surface area contributed by atoms with E-state index in [1.54, 1.807) is 27.7 Å². The highest BCUT2D eigenvalue weighted by molar-refractivity contribution is 5.82. The van der Waals surface area contributed by atoms with Crippen molar-refractivity contribution >= 4 is 11.8 Å². The van der Waals surface area contributed by atoms with Crippen LogP contribution in [-0.4, -0.2) is 110 Å². The number of carbonyl (C=O) groups excluding carboxylic acids is 2. The highest BCUT2D eigenvalue weighted by atomic mass is 19.4. The topological polar surface area (TPSA) is 127 Å². The van der Waals surface area contributed by atoms with Crippen LogP contribution in [0.15, 0.2) is 36.7 Å². The van der Waals surface area contributed by atoms with Crippen LogP contribution in [0.5, 0.6) is 23.3 Å². The van der Waals surface area contributed by atoms with Crippen LogP contribution in [-0.2, 0) is 9.59 Å². The molecule has 18 heteroatoms. The molecule has 0 unspecified atom stereocenters. The summed E-state index contributed by atoms with van der Waals surface area (Å²) in [5.74, 6) is -1.34. The van der Waals surface area contributed by atoms with Gasteiger partial charge in [0, 0.05) is 37.6 Å². The van der Waals surface area contributed by atoms with E-state index in [0.29, 0.717) is 11.8 Å². The van der Waals surface area contributed by atoms with Gasteiger partial charge in [0.2, 0.25) is 11.8 Å². The van der Waals surface area contributed by atoms with Crippen molar-refractivity contribution in [2.45, 2.75) is 92.0 Å². The van der Waals surface area contributed by atoms with E-state index < -0.39 is 35.1 Å². The Morgan fingerprint density at radius 1 is 0.696 bits per heavy atom. The highest BCUT2D eigenvalue weighted by Crippen LogP contribution is 2.33. The van der Waals surface area contributed by atoms with Gasteiger partial charge in [0.15, 0.2) is 11.5 Å². The number of amides is 2. The van der Waals surface area contributed by atoms with Crippen LogP contribution in [0.1, 0.15) is 67.2 Å². The minimum atomic E-state index is -4.85. The number of hydrogen-bond donors (Lipinski definition) is 2. The number of aromatic nitrogens is 2. The second-order valence-corrected chi connectivity index (χ2v) is 15.7. The first-order chi connectivity index (χ1) is 26.0. The summed E-state index contributed by atoms with van der Waals surface area (Å²) in [5.41, 5.74) is -1.90. The van der Waals surface area contributed by atoms with E-state index in [0.717, 1.165) is 64.0 Å². The molecule has 2 N–H and O–H groups in total. The molecule has 0 saturated carbocycles. The SMILES string of the molecule is CC[C@@H]1CN(C)CC[C@H]1NC(=O)C(C)(C)COc1ncccc1OC(F)(F)F.CC[C@H]1CN(C)CC[C@@H]1NC(=O)C(C)(C)COc1ncccc1OC(F)(F)F. The third kappa shape index (κ3) is 14.8. The molecule has 2 aromatic heterocycles. The van der Waals surface area contributed by atoms with Gasteiger partial charge in [-0.3, -0.25) is 9.59 Å². The third-order valence-corrected chi connectivity index (χ3v) is 9.85. The van der Waals surface area contributed by atoms with Gasteiger partial charge in [-0.15, -0.1) is 26.3 Å². The molecule has 2 amide bonds. The molecular formula is C38H56F6N6O6. The summed E-state index contributed by atoms with van der Waals surface area (Å²) < 4.78 is 93.8. The van der Waals surface area contributed by atoms with E-state index in [1.807, 2.05) is 0 Å². The van der Waals surface area contributed by atoms with Gasteiger partial charge in [-0.05, 0) is 104 Å². The zero-order chi connectivity index (χ0) is 41.9. The molecule has 2 saturated heterocycles. The Bertz CT molecular complexity index is 1450. The van der Waals surface area contributed by atoms with Crippen molar-refractivity contribution in [1.82, 2.24) is 30.4 Å². The number of alkyl halides is 6. The van der Waals surface area contributed by atoms with Crippen molar-refractivity contribution in [3.8, 4) is 23.3 Å². The maximum Gasteiger partial charge on any atom is 0.573 e. The Morgan fingerprint density at radius 3 is 1.38 bits per heavy atom. The Balaban J connectivity index is 0.000000300. The van der Waals surface area contributed by atoms with Crippen LogP contribution >= 0.6 is 0 Å². The van der Waals surface area contributed by atoms with E-state index in [9.17, 15) is 35.9 Å². The molecule has 0 aliphatic carbocycles. The molecule has 0 bridgehead atoms. The predicted octanol–water partition coefficient (Wildman–Crippen LogP) is 6.46. The summed E-state index contributed by atoms with van der Waals surface area (Å²) >= 11 is 0. The molecule has 2 aliphatic heterocycles. The lowest BCUT2D eigenvalue weighted by atomic mass is 9.87. The van der Waals surface area contributed by atoms with Gasteiger partial charge in [0.1, 0.15) is 13.2 Å². The first-order valence-electron chi connectivity index (χ1n) is 18.7. The Kier molecular flexibility index (Phi) is 16.4. The number of pyridine rings is 2. The van der Waals surface area contributed by atoms with Crippen molar-refractivity contribution in [2.24, 2.45) is 22.7 Å². The van der Waals surface area contributed by atoms with E-state index in [-0.39, 0.29) is 48.9 Å². The average Bonchev–Trinajstić information content (AvgIpc) is 3.11. The Morgan fingerprint density at radius 2 is 1.05 bits per heavy atom. The molecule has 12 nitrogen and oxygen atoms in total. The van der Waals surface area contributed by atoms with Crippen LogP contribution in [0.4, 0.5) is 26.3 Å². The summed E-state index contributed by atoms with van der Waals surface area (Å²) in [5, 5.41) is 6.19. The fourth-order valence-corrected chi connectivity index (χ4v) is 6.37. The van der Waals surface area contributed by atoms with Gasteiger partial charge >= 0.3 is 12.7 Å². The number of nitrogens with zero attached hydrogens (tertiary/aromatic N) is 4. The summed E-state index contributed by atoms with van der Waals surface area (Å²) in [6.45, 7) is 14.3. The third-order valence-electron chi connectivity index (χ3n) is 9.85. The van der Waals surface area contributed by atoms with Crippen molar-refractivity contribution in [1.29, 1.82) is 0 Å². The van der Waals surface area contributed by atoms with Gasteiger partial charge in [0.25, 0.3) is 11.8 Å². The van der Waals surface area contributed by atoms with Gasteiger partial charge in [0.05, 0.1) is 10.8 Å². The van der Waals surface area contributed by atoms with Crippen LogP contribution in [0.3, 0.4) is 0 Å². The lowest BCUT2D eigenvalue weighted by Gasteiger charge is -2.38. The maximum absolute atomic E-state index is 12.8. The van der Waals surface area contributed by atoms with Crippen LogP contribution in [0.25, 0.3) is 0 Å². The largest absolute Gasteiger partial charge is 0.573 e. The second-order valence-electron chi connectivity index (χ2n) is 15.7. The first-order valence-corrected chi connectivity index (χ1v) is 18.7. The monoisotopic (exact) mass is 806 g/mol. The highest BCUT2D eigenvalue weighted by Gasteiger charge is 2.38. The fourth-order valence-electron chi connectivity index (χ4n) is 6.37. The Hall–Kier alpha value is -4.06. The lowest BCUT2D eigenvalue weighted by molar-refractivity contribution is -0.276. The normalized spacial score (nSPS) is 21.2. The van der Waals surface area contributed by atoms with Crippen LogP contribution in [0.2, 0.25) is 0 Å². The van der Waals surface area contributed by atoms with Crippen LogP contribution in [0, 0.1) is 22.7 Å². The van der Waals surface area contributed by atoms with Crippen molar-refractivity contribution < 1.29 is 54.9 Å². The number of rotatable bonds is 14. The standard InChI is InChI=1S/2C19H28F3N3O3/c2*1-5-13-11-25(4)10-8-14(13)24-17(26)18(2,3)12-27-16-15(7-6-9-23-16)28-19(20,21)22/h2*6-7,9,13-14H,5,8,10-12H2,1-4H3,(H,24,26)/t2*13-,14-/m10/s1. The quantitative estimate of drug-likeness (QED) is 0.206. The minimum absolute atomic E-state index is 0.0759. The second kappa shape index (κ2) is 19.9. The molecule has 0 spiro atoms. The molecule has 4 atom stereocenters. The van der Waals surface area contributed by atoms with Gasteiger partial charge in [-0.2, -0.15) is 0 Å². The van der Waals surface area contributed by atoms with Crippen molar-refractivity contribution in [3.05, 3.63) is 36.7 Å². The molecule has 56 heavy (non-hydrogen) atoms. The Labute approximate surface area is 325 Å². The van der Waals surface area contributed by atoms with E-state index in [4.69, 9.17) is 9.47 Å². The van der Waals surface area contributed by atoms with Crippen molar-refractivity contribution in [2.75, 3.05) is 53.5 Å². The molecule has 2 aromatic rings. The first kappa shape index (κ1) is 46.3. The summed E-state index contributed by atoms with van der Waals surface area (Å²) in [4.78, 5) is 37.6. The zero-order valence-corrected chi connectivity index (χ0v) is 33.4.